The maximum absolute atomic E-state index is 3.50. The average molecular weight is 246 g/mol. The minimum Gasteiger partial charge on any atom is -0.312 e. The van der Waals surface area contributed by atoms with Crippen molar-refractivity contribution in [3.8, 4) is 0 Å². The van der Waals surface area contributed by atoms with Crippen molar-refractivity contribution in [3.05, 3.63) is 35.4 Å². The molecule has 2 nitrogen and oxygen atoms in total. The molecule has 0 saturated carbocycles. The molecule has 0 bridgehead atoms. The van der Waals surface area contributed by atoms with Crippen molar-refractivity contribution in [2.45, 2.75) is 38.8 Å². The lowest BCUT2D eigenvalue weighted by molar-refractivity contribution is 0.199. The molecule has 0 fully saturated rings. The first-order valence-electron chi connectivity index (χ1n) is 7.08. The molecule has 1 aromatic rings. The van der Waals surface area contributed by atoms with Gasteiger partial charge in [0.2, 0.25) is 0 Å². The van der Waals surface area contributed by atoms with Crippen LogP contribution in [0.5, 0.6) is 0 Å². The number of benzene rings is 1. The molecule has 0 heterocycles. The molecule has 18 heavy (non-hydrogen) atoms. The van der Waals surface area contributed by atoms with Crippen LogP contribution in [0.2, 0.25) is 0 Å². The molecule has 0 aliphatic heterocycles. The monoisotopic (exact) mass is 246 g/mol. The topological polar surface area (TPSA) is 15.3 Å². The first kappa shape index (κ1) is 13.6. The van der Waals surface area contributed by atoms with Crippen LogP contribution in [-0.2, 0) is 6.42 Å². The van der Waals surface area contributed by atoms with Crippen LogP contribution in [-0.4, -0.2) is 31.6 Å². The number of hydrogen-bond donors (Lipinski definition) is 1. The van der Waals surface area contributed by atoms with Crippen LogP contribution in [0.3, 0.4) is 0 Å². The molecule has 0 saturated heterocycles. The second-order valence-corrected chi connectivity index (χ2v) is 5.90. The lowest BCUT2D eigenvalue weighted by atomic mass is 10.1. The Labute approximate surface area is 111 Å². The summed E-state index contributed by atoms with van der Waals surface area (Å²) in [5.41, 5.74) is 3.00. The molecule has 1 aromatic carbocycles. The maximum atomic E-state index is 3.50. The molecule has 0 radical (unpaired) electrons. The Kier molecular flexibility index (Phi) is 4.41. The van der Waals surface area contributed by atoms with Gasteiger partial charge in [-0.3, -0.25) is 0 Å². The summed E-state index contributed by atoms with van der Waals surface area (Å²) in [6.45, 7) is 5.79. The summed E-state index contributed by atoms with van der Waals surface area (Å²) in [5, 5.41) is 3.50. The zero-order chi connectivity index (χ0) is 13.1. The Hall–Kier alpha value is -0.860. The van der Waals surface area contributed by atoms with Gasteiger partial charge in [-0.05, 0) is 50.5 Å². The summed E-state index contributed by atoms with van der Waals surface area (Å²) >= 11 is 0. The highest BCUT2D eigenvalue weighted by molar-refractivity contribution is 5.37. The van der Waals surface area contributed by atoms with E-state index in [2.05, 4.69) is 62.4 Å². The van der Waals surface area contributed by atoms with Crippen molar-refractivity contribution >= 4 is 0 Å². The van der Waals surface area contributed by atoms with Gasteiger partial charge in [0.05, 0.1) is 0 Å². The largest absolute Gasteiger partial charge is 0.312 e. The van der Waals surface area contributed by atoms with Crippen molar-refractivity contribution in [2.75, 3.05) is 20.6 Å². The molecule has 2 atom stereocenters. The summed E-state index contributed by atoms with van der Waals surface area (Å²) < 4.78 is 0. The maximum Gasteiger partial charge on any atom is 0.0481 e. The summed E-state index contributed by atoms with van der Waals surface area (Å²) in [6.07, 6.45) is 2.45. The van der Waals surface area contributed by atoms with Gasteiger partial charge in [0.15, 0.2) is 0 Å². The molecule has 0 amide bonds. The molecule has 1 aliphatic carbocycles. The molecule has 0 aromatic heterocycles. The highest BCUT2D eigenvalue weighted by atomic mass is 15.2. The second kappa shape index (κ2) is 5.85. The Morgan fingerprint density at radius 2 is 2.06 bits per heavy atom. The van der Waals surface area contributed by atoms with E-state index < -0.39 is 0 Å². The number of rotatable bonds is 5. The number of likely N-dealkylation sites (N-methyl/N-ethyl adjacent to an activating group) is 2. The first-order chi connectivity index (χ1) is 8.63. The smallest absolute Gasteiger partial charge is 0.0481 e. The Morgan fingerprint density at radius 3 is 2.72 bits per heavy atom. The zero-order valence-electron chi connectivity index (χ0n) is 12.1. The van der Waals surface area contributed by atoms with E-state index in [9.17, 15) is 0 Å². The molecule has 2 unspecified atom stereocenters. The molecule has 0 spiro atoms. The van der Waals surface area contributed by atoms with E-state index in [1.807, 2.05) is 0 Å². The van der Waals surface area contributed by atoms with E-state index in [4.69, 9.17) is 0 Å². The van der Waals surface area contributed by atoms with Crippen LogP contribution in [0.25, 0.3) is 0 Å². The third-order valence-corrected chi connectivity index (χ3v) is 4.14. The van der Waals surface area contributed by atoms with Crippen LogP contribution in [0.15, 0.2) is 24.3 Å². The van der Waals surface area contributed by atoms with Crippen molar-refractivity contribution in [1.82, 2.24) is 10.2 Å². The molecule has 1 N–H and O–H groups in total. The SMILES string of the molecule is CNC1c2ccccc2CC1N(C)CCC(C)C. The quantitative estimate of drug-likeness (QED) is 0.859. The average Bonchev–Trinajstić information content (AvgIpc) is 2.74. The van der Waals surface area contributed by atoms with Crippen LogP contribution >= 0.6 is 0 Å². The van der Waals surface area contributed by atoms with Gasteiger partial charge in [0, 0.05) is 12.1 Å². The highest BCUT2D eigenvalue weighted by Gasteiger charge is 2.33. The zero-order valence-corrected chi connectivity index (χ0v) is 12.1. The molecule has 1 aliphatic rings. The molecule has 2 heteroatoms. The van der Waals surface area contributed by atoms with Crippen molar-refractivity contribution in [2.24, 2.45) is 5.92 Å². The van der Waals surface area contributed by atoms with Crippen molar-refractivity contribution in [1.29, 1.82) is 0 Å². The number of nitrogens with zero attached hydrogens (tertiary/aromatic N) is 1. The van der Waals surface area contributed by atoms with Gasteiger partial charge in [-0.15, -0.1) is 0 Å². The summed E-state index contributed by atoms with van der Waals surface area (Å²) in [6, 6.07) is 9.94. The van der Waals surface area contributed by atoms with Gasteiger partial charge in [-0.2, -0.15) is 0 Å². The molecule has 2 rings (SSSR count). The van der Waals surface area contributed by atoms with E-state index in [1.165, 1.54) is 30.5 Å². The van der Waals surface area contributed by atoms with Gasteiger partial charge in [-0.1, -0.05) is 38.1 Å². The van der Waals surface area contributed by atoms with E-state index in [1.54, 1.807) is 0 Å². The van der Waals surface area contributed by atoms with Crippen molar-refractivity contribution in [3.63, 3.8) is 0 Å². The predicted octanol–water partition coefficient (Wildman–Crippen LogP) is 2.85. The van der Waals surface area contributed by atoms with E-state index >= 15 is 0 Å². The normalized spacial score (nSPS) is 22.8. The molecule has 100 valence electrons. The van der Waals surface area contributed by atoms with Gasteiger partial charge in [0.25, 0.3) is 0 Å². The summed E-state index contributed by atoms with van der Waals surface area (Å²) in [7, 11) is 4.35. The van der Waals surface area contributed by atoms with Crippen molar-refractivity contribution < 1.29 is 0 Å². The fourth-order valence-electron chi connectivity index (χ4n) is 2.96. The van der Waals surface area contributed by atoms with E-state index in [0.29, 0.717) is 12.1 Å². The Morgan fingerprint density at radius 1 is 1.33 bits per heavy atom. The van der Waals surface area contributed by atoms with Gasteiger partial charge in [-0.25, -0.2) is 0 Å². The summed E-state index contributed by atoms with van der Waals surface area (Å²) in [4.78, 5) is 2.53. The minimum atomic E-state index is 0.485. The number of hydrogen-bond acceptors (Lipinski definition) is 2. The van der Waals surface area contributed by atoms with Crippen LogP contribution in [0, 0.1) is 5.92 Å². The van der Waals surface area contributed by atoms with Gasteiger partial charge in [0.1, 0.15) is 0 Å². The Bertz CT molecular complexity index is 386. The first-order valence-corrected chi connectivity index (χ1v) is 7.08. The van der Waals surface area contributed by atoms with E-state index in [-0.39, 0.29) is 0 Å². The molecular formula is C16H26N2. The third-order valence-electron chi connectivity index (χ3n) is 4.14. The lowest BCUT2D eigenvalue weighted by Gasteiger charge is -2.30. The van der Waals surface area contributed by atoms with Gasteiger partial charge >= 0.3 is 0 Å². The fourth-order valence-corrected chi connectivity index (χ4v) is 2.96. The van der Waals surface area contributed by atoms with Crippen LogP contribution in [0.1, 0.15) is 37.4 Å². The lowest BCUT2D eigenvalue weighted by Crippen LogP contribution is -2.40. The number of nitrogens with one attached hydrogen (secondary N) is 1. The Balaban J connectivity index is 2.07. The van der Waals surface area contributed by atoms with Crippen LogP contribution in [0.4, 0.5) is 0 Å². The highest BCUT2D eigenvalue weighted by Crippen LogP contribution is 2.33. The third kappa shape index (κ3) is 2.76. The second-order valence-electron chi connectivity index (χ2n) is 5.90. The predicted molar refractivity (Wildman–Crippen MR) is 77.8 cm³/mol. The standard InChI is InChI=1S/C16H26N2/c1-12(2)9-10-18(4)15-11-13-7-5-6-8-14(13)16(15)17-3/h5-8,12,15-17H,9-11H2,1-4H3. The fraction of sp³-hybridized carbons (Fsp3) is 0.625. The van der Waals surface area contributed by atoms with Crippen LogP contribution < -0.4 is 5.32 Å². The van der Waals surface area contributed by atoms with E-state index in [0.717, 1.165) is 5.92 Å². The number of fused-ring (bicyclic) bond motifs is 1. The minimum absolute atomic E-state index is 0.485. The van der Waals surface area contributed by atoms with Gasteiger partial charge < -0.3 is 10.2 Å². The molecular weight excluding hydrogens is 220 g/mol. The summed E-state index contributed by atoms with van der Waals surface area (Å²) in [5.74, 6) is 0.782.